The van der Waals surface area contributed by atoms with Crippen LogP contribution in [0.25, 0.3) is 5.69 Å². The number of hydrogen-bond acceptors (Lipinski definition) is 5. The quantitative estimate of drug-likeness (QED) is 0.111. The molecule has 192 valence electrons. The monoisotopic (exact) mass is 534 g/mol. The molecule has 0 bridgehead atoms. The fraction of sp³-hybridized carbons (Fsp3) is 0.154. The average Bonchev–Trinajstić information content (AvgIpc) is 3.20. The summed E-state index contributed by atoms with van der Waals surface area (Å²) in [5.74, 6) is -10.8. The van der Waals surface area contributed by atoms with E-state index in [0.29, 0.717) is 23.6 Å². The molecule has 5 nitrogen and oxygen atoms in total. The second-order valence-corrected chi connectivity index (χ2v) is 8.72. The number of nitrogens with zero attached hydrogens (tertiary/aromatic N) is 2. The van der Waals surface area contributed by atoms with E-state index >= 15 is 0 Å². The van der Waals surface area contributed by atoms with E-state index < -0.39 is 40.0 Å². The van der Waals surface area contributed by atoms with Crippen molar-refractivity contribution in [3.8, 4) is 17.3 Å². The summed E-state index contributed by atoms with van der Waals surface area (Å²) >= 11 is 0.229. The van der Waals surface area contributed by atoms with Crippen LogP contribution < -0.4 is 9.47 Å². The highest BCUT2D eigenvalue weighted by Gasteiger charge is 2.30. The molecule has 0 unspecified atom stereocenters. The van der Waals surface area contributed by atoms with Gasteiger partial charge in [0.05, 0.1) is 34.2 Å². The maximum Gasteiger partial charge on any atom is 0.317 e. The van der Waals surface area contributed by atoms with E-state index in [0.717, 1.165) is 0 Å². The number of rotatable bonds is 8. The van der Waals surface area contributed by atoms with E-state index in [1.165, 1.54) is 11.6 Å². The molecule has 0 fully saturated rings. The normalized spacial score (nSPS) is 11.0. The van der Waals surface area contributed by atoms with Crippen molar-refractivity contribution >= 4 is 17.7 Å². The lowest BCUT2D eigenvalue weighted by molar-refractivity contribution is -0.134. The topological polar surface area (TPSA) is 53.4 Å². The standard InChI is InChI=1S/C26H19F5N2O3S/c1-3-35-17-11-9-15(10-12-17)13-18(34)36-26-24(14(2)32-33(26)16-7-5-4-6-8-16)37-25-22(30)20(28)19(27)21(29)23(25)31/h4-12H,3,13H2,1-2H3. The first-order valence-corrected chi connectivity index (χ1v) is 11.8. The van der Waals surface area contributed by atoms with E-state index in [9.17, 15) is 26.7 Å². The third-order valence-corrected chi connectivity index (χ3v) is 6.37. The smallest absolute Gasteiger partial charge is 0.317 e. The van der Waals surface area contributed by atoms with E-state index in [1.54, 1.807) is 54.6 Å². The zero-order chi connectivity index (χ0) is 26.7. The molecular formula is C26H19F5N2O3S. The number of aromatic nitrogens is 2. The molecule has 0 atom stereocenters. The molecule has 3 aromatic carbocycles. The van der Waals surface area contributed by atoms with Crippen LogP contribution >= 0.6 is 11.8 Å². The Morgan fingerprint density at radius 2 is 1.46 bits per heavy atom. The number of hydrogen-bond donors (Lipinski definition) is 0. The van der Waals surface area contributed by atoms with Crippen molar-refractivity contribution in [2.45, 2.75) is 30.1 Å². The Morgan fingerprint density at radius 1 is 0.865 bits per heavy atom. The van der Waals surface area contributed by atoms with Crippen LogP contribution in [-0.4, -0.2) is 22.4 Å². The Morgan fingerprint density at radius 3 is 2.05 bits per heavy atom. The third kappa shape index (κ3) is 5.46. The van der Waals surface area contributed by atoms with Gasteiger partial charge in [-0.2, -0.15) is 9.78 Å². The third-order valence-electron chi connectivity index (χ3n) is 5.13. The van der Waals surface area contributed by atoms with Crippen LogP contribution in [0.4, 0.5) is 22.0 Å². The molecule has 0 amide bonds. The highest BCUT2D eigenvalue weighted by molar-refractivity contribution is 7.99. The molecule has 37 heavy (non-hydrogen) atoms. The van der Waals surface area contributed by atoms with Gasteiger partial charge in [0.25, 0.3) is 0 Å². The first-order chi connectivity index (χ1) is 17.7. The number of carbonyl (C=O) groups is 1. The molecule has 0 spiro atoms. The maximum absolute atomic E-state index is 14.4. The zero-order valence-electron chi connectivity index (χ0n) is 19.5. The molecule has 0 saturated heterocycles. The zero-order valence-corrected chi connectivity index (χ0v) is 20.3. The molecular weight excluding hydrogens is 515 g/mol. The van der Waals surface area contributed by atoms with E-state index in [2.05, 4.69) is 5.10 Å². The van der Waals surface area contributed by atoms with Gasteiger partial charge in [0, 0.05) is 0 Å². The van der Waals surface area contributed by atoms with Gasteiger partial charge in [-0.15, -0.1) is 0 Å². The van der Waals surface area contributed by atoms with Crippen molar-refractivity contribution in [2.24, 2.45) is 0 Å². The maximum atomic E-state index is 14.4. The number of benzene rings is 3. The molecule has 0 N–H and O–H groups in total. The molecule has 0 aliphatic heterocycles. The lowest BCUT2D eigenvalue weighted by atomic mass is 10.1. The number of carbonyl (C=O) groups excluding carboxylic acids is 1. The largest absolute Gasteiger partial charge is 0.494 e. The Kier molecular flexibility index (Phi) is 7.82. The van der Waals surface area contributed by atoms with Crippen molar-refractivity contribution in [1.82, 2.24) is 9.78 Å². The fourth-order valence-electron chi connectivity index (χ4n) is 3.40. The number of para-hydroxylation sites is 1. The van der Waals surface area contributed by atoms with Crippen LogP contribution in [0.3, 0.4) is 0 Å². The van der Waals surface area contributed by atoms with Gasteiger partial charge >= 0.3 is 5.97 Å². The molecule has 1 heterocycles. The van der Waals surface area contributed by atoms with Gasteiger partial charge in [0.15, 0.2) is 23.3 Å². The number of esters is 1. The van der Waals surface area contributed by atoms with Crippen LogP contribution in [0.5, 0.6) is 11.6 Å². The second kappa shape index (κ2) is 11.0. The Labute approximate surface area is 212 Å². The summed E-state index contributed by atoms with van der Waals surface area (Å²) in [5, 5.41) is 4.29. The summed E-state index contributed by atoms with van der Waals surface area (Å²) in [6.07, 6.45) is -0.169. The van der Waals surface area contributed by atoms with Gasteiger partial charge in [-0.1, -0.05) is 42.1 Å². The van der Waals surface area contributed by atoms with E-state index in [-0.39, 0.29) is 34.7 Å². The van der Waals surface area contributed by atoms with Gasteiger partial charge in [-0.25, -0.2) is 22.0 Å². The molecule has 4 rings (SSSR count). The van der Waals surface area contributed by atoms with Gasteiger partial charge in [0.1, 0.15) is 5.75 Å². The summed E-state index contributed by atoms with van der Waals surface area (Å²) in [6.45, 7) is 3.77. The van der Waals surface area contributed by atoms with Crippen molar-refractivity contribution in [3.05, 3.63) is 94.9 Å². The van der Waals surface area contributed by atoms with Crippen molar-refractivity contribution in [3.63, 3.8) is 0 Å². The predicted octanol–water partition coefficient (Wildman–Crippen LogP) is 6.57. The lowest BCUT2D eigenvalue weighted by Crippen LogP contribution is -2.14. The highest BCUT2D eigenvalue weighted by atomic mass is 32.2. The predicted molar refractivity (Wildman–Crippen MR) is 126 cm³/mol. The van der Waals surface area contributed by atoms with Crippen molar-refractivity contribution in [2.75, 3.05) is 6.61 Å². The van der Waals surface area contributed by atoms with E-state index in [1.807, 2.05) is 6.92 Å². The minimum atomic E-state index is -2.27. The summed E-state index contributed by atoms with van der Waals surface area (Å²) in [7, 11) is 0. The van der Waals surface area contributed by atoms with E-state index in [4.69, 9.17) is 9.47 Å². The van der Waals surface area contributed by atoms with Gasteiger partial charge in [-0.3, -0.25) is 4.79 Å². The molecule has 4 aromatic rings. The van der Waals surface area contributed by atoms with Crippen LogP contribution in [0, 0.1) is 36.0 Å². The number of halogens is 5. The molecule has 0 saturated carbocycles. The summed E-state index contributed by atoms with van der Waals surface area (Å²) in [5.41, 5.74) is 1.19. The Bertz CT molecular complexity index is 1410. The lowest BCUT2D eigenvalue weighted by Gasteiger charge is -2.12. The first kappa shape index (κ1) is 26.2. The Balaban J connectivity index is 1.72. The molecule has 0 radical (unpaired) electrons. The van der Waals surface area contributed by atoms with Crippen LogP contribution in [0.15, 0.2) is 64.4 Å². The molecule has 0 aliphatic rings. The average molecular weight is 535 g/mol. The van der Waals surface area contributed by atoms with Gasteiger partial charge in [-0.05, 0) is 43.7 Å². The number of ether oxygens (including phenoxy) is 2. The summed E-state index contributed by atoms with van der Waals surface area (Å²) in [6, 6.07) is 15.1. The summed E-state index contributed by atoms with van der Waals surface area (Å²) < 4.78 is 82.2. The minimum Gasteiger partial charge on any atom is -0.494 e. The van der Waals surface area contributed by atoms with Crippen molar-refractivity contribution < 1.29 is 36.2 Å². The second-order valence-electron chi connectivity index (χ2n) is 7.70. The first-order valence-electron chi connectivity index (χ1n) is 11.0. The van der Waals surface area contributed by atoms with Crippen LogP contribution in [0.2, 0.25) is 0 Å². The summed E-state index contributed by atoms with van der Waals surface area (Å²) in [4.78, 5) is 11.6. The molecule has 11 heteroatoms. The number of aryl methyl sites for hydroxylation is 1. The highest BCUT2D eigenvalue weighted by Crippen LogP contribution is 2.42. The van der Waals surface area contributed by atoms with Gasteiger partial charge < -0.3 is 9.47 Å². The molecule has 0 aliphatic carbocycles. The molecule has 1 aromatic heterocycles. The SMILES string of the molecule is CCOc1ccc(CC(=O)Oc2c(Sc3c(F)c(F)c(F)c(F)c3F)c(C)nn2-c2ccccc2)cc1. The van der Waals surface area contributed by atoms with Gasteiger partial charge in [0.2, 0.25) is 11.7 Å². The van der Waals surface area contributed by atoms with Crippen LogP contribution in [-0.2, 0) is 11.2 Å². The fourth-order valence-corrected chi connectivity index (χ4v) is 4.37. The Hall–Kier alpha value is -3.86. The minimum absolute atomic E-state index is 0.0906. The van der Waals surface area contributed by atoms with Crippen molar-refractivity contribution in [1.29, 1.82) is 0 Å². The van der Waals surface area contributed by atoms with Crippen LogP contribution in [0.1, 0.15) is 18.2 Å².